The van der Waals surface area contributed by atoms with Gasteiger partial charge in [-0.05, 0) is 12.8 Å². The van der Waals surface area contributed by atoms with Crippen molar-refractivity contribution in [3.63, 3.8) is 0 Å². The molecule has 1 saturated carbocycles. The van der Waals surface area contributed by atoms with Crippen molar-refractivity contribution in [1.82, 2.24) is 9.88 Å². The van der Waals surface area contributed by atoms with E-state index < -0.39 is 0 Å². The first kappa shape index (κ1) is 12.4. The van der Waals surface area contributed by atoms with Crippen molar-refractivity contribution in [3.8, 4) is 0 Å². The molecule has 2 aliphatic rings. The molecule has 0 unspecified atom stereocenters. The number of thiazole rings is 1. The third-order valence-electron chi connectivity index (χ3n) is 3.55. The first-order valence-electron chi connectivity index (χ1n) is 6.31. The molecule has 1 saturated heterocycles. The van der Waals surface area contributed by atoms with Gasteiger partial charge in [0.15, 0.2) is 10.9 Å². The van der Waals surface area contributed by atoms with Crippen molar-refractivity contribution in [2.75, 3.05) is 37.0 Å². The Hall–Kier alpha value is -0.650. The van der Waals surface area contributed by atoms with Crippen molar-refractivity contribution in [2.45, 2.75) is 18.9 Å². The monoisotopic (exact) mass is 285 g/mol. The van der Waals surface area contributed by atoms with Gasteiger partial charge < -0.3 is 4.90 Å². The van der Waals surface area contributed by atoms with Gasteiger partial charge in [0.1, 0.15) is 5.69 Å². The average molecular weight is 286 g/mol. The number of Topliss-reactive ketones (excluding diaryl/α,β-unsaturated/α-hetero) is 1. The highest BCUT2D eigenvalue weighted by atomic mass is 35.5. The van der Waals surface area contributed by atoms with Gasteiger partial charge in [-0.15, -0.1) is 22.9 Å². The van der Waals surface area contributed by atoms with E-state index in [1.807, 2.05) is 5.38 Å². The van der Waals surface area contributed by atoms with E-state index >= 15 is 0 Å². The van der Waals surface area contributed by atoms with E-state index in [0.29, 0.717) is 5.69 Å². The zero-order chi connectivity index (χ0) is 12.5. The number of carbonyl (C=O) groups excluding carboxylic acids is 1. The molecule has 1 aliphatic carbocycles. The maximum absolute atomic E-state index is 11.4. The summed E-state index contributed by atoms with van der Waals surface area (Å²) in [6.07, 6.45) is 2.73. The summed E-state index contributed by atoms with van der Waals surface area (Å²) in [5.74, 6) is -0.0747. The van der Waals surface area contributed by atoms with Gasteiger partial charge in [0.2, 0.25) is 0 Å². The number of nitrogens with zero attached hydrogens (tertiary/aromatic N) is 3. The van der Waals surface area contributed by atoms with Gasteiger partial charge in [-0.2, -0.15) is 0 Å². The van der Waals surface area contributed by atoms with E-state index in [1.165, 1.54) is 12.8 Å². The fourth-order valence-electron chi connectivity index (χ4n) is 2.32. The predicted octanol–water partition coefficient (Wildman–Crippen LogP) is 1.85. The second kappa shape index (κ2) is 5.15. The van der Waals surface area contributed by atoms with Crippen molar-refractivity contribution in [3.05, 3.63) is 11.1 Å². The molecule has 0 spiro atoms. The highest BCUT2D eigenvalue weighted by Crippen LogP contribution is 2.29. The Kier molecular flexibility index (Phi) is 3.54. The van der Waals surface area contributed by atoms with Gasteiger partial charge in [-0.25, -0.2) is 4.98 Å². The molecular formula is C12H16ClN3OS. The number of alkyl halides is 1. The Morgan fingerprint density at radius 3 is 2.72 bits per heavy atom. The van der Waals surface area contributed by atoms with E-state index in [1.54, 1.807) is 11.3 Å². The molecule has 2 heterocycles. The fourth-order valence-corrected chi connectivity index (χ4v) is 3.34. The summed E-state index contributed by atoms with van der Waals surface area (Å²) in [6.45, 7) is 4.25. The lowest BCUT2D eigenvalue weighted by Gasteiger charge is -2.34. The van der Waals surface area contributed by atoms with Crippen molar-refractivity contribution in [1.29, 1.82) is 0 Å². The van der Waals surface area contributed by atoms with Crippen LogP contribution in [0.15, 0.2) is 5.38 Å². The van der Waals surface area contributed by atoms with Crippen LogP contribution in [0.4, 0.5) is 5.13 Å². The molecule has 98 valence electrons. The summed E-state index contributed by atoms with van der Waals surface area (Å²) in [5, 5.41) is 2.77. The number of aromatic nitrogens is 1. The van der Waals surface area contributed by atoms with Crippen LogP contribution in [0.2, 0.25) is 0 Å². The number of ketones is 1. The van der Waals surface area contributed by atoms with Crippen LogP contribution in [0.25, 0.3) is 0 Å². The second-order valence-electron chi connectivity index (χ2n) is 4.83. The zero-order valence-corrected chi connectivity index (χ0v) is 11.7. The topological polar surface area (TPSA) is 36.4 Å². The minimum atomic E-state index is -0.0872. The molecule has 4 nitrogen and oxygen atoms in total. The summed E-state index contributed by atoms with van der Waals surface area (Å²) < 4.78 is 0. The van der Waals surface area contributed by atoms with Crippen LogP contribution < -0.4 is 4.90 Å². The number of halogens is 1. The fraction of sp³-hybridized carbons (Fsp3) is 0.667. The highest BCUT2D eigenvalue weighted by Gasteiger charge is 2.31. The molecule has 0 bridgehead atoms. The maximum atomic E-state index is 11.4. The van der Waals surface area contributed by atoms with Crippen LogP contribution >= 0.6 is 22.9 Å². The lowest BCUT2D eigenvalue weighted by atomic mass is 10.3. The van der Waals surface area contributed by atoms with Crippen molar-refractivity contribution in [2.24, 2.45) is 0 Å². The standard InChI is InChI=1S/C12H16ClN3OS/c13-7-11(17)10-8-18-12(14-10)16-5-3-15(4-6-16)9-1-2-9/h8-9H,1-7H2. The van der Waals surface area contributed by atoms with Gasteiger partial charge in [-0.3, -0.25) is 9.69 Å². The largest absolute Gasteiger partial charge is 0.346 e. The van der Waals surface area contributed by atoms with Crippen molar-refractivity contribution >= 4 is 33.9 Å². The van der Waals surface area contributed by atoms with Gasteiger partial charge in [0.25, 0.3) is 0 Å². The Labute approximate surface area is 116 Å². The van der Waals surface area contributed by atoms with E-state index in [0.717, 1.165) is 37.4 Å². The molecule has 0 N–H and O–H groups in total. The summed E-state index contributed by atoms with van der Waals surface area (Å²) >= 11 is 7.08. The molecule has 0 atom stereocenters. The lowest BCUT2D eigenvalue weighted by Crippen LogP contribution is -2.47. The summed E-state index contributed by atoms with van der Waals surface area (Å²) in [5.41, 5.74) is 0.509. The lowest BCUT2D eigenvalue weighted by molar-refractivity contribution is 0.101. The Morgan fingerprint density at radius 1 is 1.39 bits per heavy atom. The minimum Gasteiger partial charge on any atom is -0.346 e. The SMILES string of the molecule is O=C(CCl)c1csc(N2CCN(C3CC3)CC2)n1. The molecule has 2 fully saturated rings. The molecule has 18 heavy (non-hydrogen) atoms. The van der Waals surface area contributed by atoms with E-state index in [9.17, 15) is 4.79 Å². The summed E-state index contributed by atoms with van der Waals surface area (Å²) in [4.78, 5) is 20.7. The first-order valence-corrected chi connectivity index (χ1v) is 7.73. The Morgan fingerprint density at radius 2 is 2.11 bits per heavy atom. The molecule has 3 rings (SSSR count). The van der Waals surface area contributed by atoms with E-state index in [2.05, 4.69) is 14.8 Å². The number of rotatable bonds is 4. The number of carbonyl (C=O) groups is 1. The van der Waals surface area contributed by atoms with Crippen LogP contribution in [0, 0.1) is 0 Å². The van der Waals surface area contributed by atoms with Crippen LogP contribution in [0.1, 0.15) is 23.3 Å². The Balaban J connectivity index is 1.61. The van der Waals surface area contributed by atoms with Gasteiger partial charge in [0, 0.05) is 37.6 Å². The molecule has 1 aromatic heterocycles. The quantitative estimate of drug-likeness (QED) is 0.625. The molecule has 1 aliphatic heterocycles. The number of hydrogen-bond donors (Lipinski definition) is 0. The van der Waals surface area contributed by atoms with Crippen LogP contribution in [0.5, 0.6) is 0 Å². The molecule has 1 aromatic rings. The third-order valence-corrected chi connectivity index (χ3v) is 4.69. The van der Waals surface area contributed by atoms with Crippen LogP contribution in [0.3, 0.4) is 0 Å². The first-order chi connectivity index (χ1) is 8.78. The highest BCUT2D eigenvalue weighted by molar-refractivity contribution is 7.14. The molecule has 0 radical (unpaired) electrons. The summed E-state index contributed by atoms with van der Waals surface area (Å²) in [7, 11) is 0. The number of piperazine rings is 1. The number of hydrogen-bond acceptors (Lipinski definition) is 5. The zero-order valence-electron chi connectivity index (χ0n) is 10.1. The average Bonchev–Trinajstić information content (AvgIpc) is 3.15. The minimum absolute atomic E-state index is 0.0125. The van der Waals surface area contributed by atoms with Crippen LogP contribution in [-0.4, -0.2) is 53.8 Å². The van der Waals surface area contributed by atoms with Gasteiger partial charge in [-0.1, -0.05) is 0 Å². The smallest absolute Gasteiger partial charge is 0.196 e. The van der Waals surface area contributed by atoms with E-state index in [4.69, 9.17) is 11.6 Å². The molecule has 0 amide bonds. The Bertz CT molecular complexity index is 438. The molecule has 6 heteroatoms. The molecular weight excluding hydrogens is 270 g/mol. The van der Waals surface area contributed by atoms with Gasteiger partial charge in [0.05, 0.1) is 5.88 Å². The third kappa shape index (κ3) is 2.53. The van der Waals surface area contributed by atoms with E-state index in [-0.39, 0.29) is 11.7 Å². The molecule has 0 aromatic carbocycles. The predicted molar refractivity (Wildman–Crippen MR) is 74.0 cm³/mol. The summed E-state index contributed by atoms with van der Waals surface area (Å²) in [6, 6.07) is 0.844. The second-order valence-corrected chi connectivity index (χ2v) is 5.93. The maximum Gasteiger partial charge on any atom is 0.196 e. The van der Waals surface area contributed by atoms with Crippen molar-refractivity contribution < 1.29 is 4.79 Å². The van der Waals surface area contributed by atoms with Crippen LogP contribution in [-0.2, 0) is 0 Å². The number of anilines is 1. The van der Waals surface area contributed by atoms with Gasteiger partial charge >= 0.3 is 0 Å². The normalized spacial score (nSPS) is 21.3.